The summed E-state index contributed by atoms with van der Waals surface area (Å²) in [5.41, 5.74) is 0. The molecule has 2 rings (SSSR count). The van der Waals surface area contributed by atoms with E-state index in [0.717, 1.165) is 45.6 Å². The maximum atomic E-state index is 12.4. The Balaban J connectivity index is 1.83. The van der Waals surface area contributed by atoms with Crippen molar-refractivity contribution in [3.63, 3.8) is 0 Å². The van der Waals surface area contributed by atoms with E-state index in [1.54, 1.807) is 0 Å². The number of nitrogens with zero attached hydrogens (tertiary/aromatic N) is 1. The number of hydrogen-bond acceptors (Lipinski definition) is 3. The van der Waals surface area contributed by atoms with Crippen LogP contribution in [0.4, 0.5) is 0 Å². The number of carbonyl (C=O) groups excluding carboxylic acids is 1. The van der Waals surface area contributed by atoms with Crippen LogP contribution >= 0.6 is 0 Å². The molecule has 2 aliphatic rings. The highest BCUT2D eigenvalue weighted by Gasteiger charge is 2.30. The first kappa shape index (κ1) is 13.8. The number of carbonyl (C=O) groups is 1. The lowest BCUT2D eigenvalue weighted by atomic mass is 9.90. The lowest BCUT2D eigenvalue weighted by Crippen LogP contribution is -2.48. The third kappa shape index (κ3) is 3.45. The summed E-state index contributed by atoms with van der Waals surface area (Å²) in [6, 6.07) is 0.316. The number of rotatable bonds is 3. The number of amides is 1. The van der Waals surface area contributed by atoms with Gasteiger partial charge in [-0.2, -0.15) is 0 Å². The topological polar surface area (TPSA) is 41.6 Å². The van der Waals surface area contributed by atoms with Crippen molar-refractivity contribution in [2.45, 2.75) is 38.6 Å². The van der Waals surface area contributed by atoms with Crippen LogP contribution in [0, 0.1) is 11.8 Å². The first-order valence-electron chi connectivity index (χ1n) is 7.24. The molecule has 0 aromatic carbocycles. The molecule has 0 spiro atoms. The fraction of sp³-hybridized carbons (Fsp3) is 0.929. The largest absolute Gasteiger partial charge is 0.381 e. The van der Waals surface area contributed by atoms with E-state index < -0.39 is 0 Å². The van der Waals surface area contributed by atoms with Crippen molar-refractivity contribution in [3.8, 4) is 0 Å². The van der Waals surface area contributed by atoms with Crippen molar-refractivity contribution < 1.29 is 9.53 Å². The second-order valence-electron chi connectivity index (χ2n) is 5.79. The normalized spacial score (nSPS) is 33.1. The van der Waals surface area contributed by atoms with Gasteiger partial charge >= 0.3 is 0 Å². The van der Waals surface area contributed by atoms with Gasteiger partial charge in [-0.25, -0.2) is 0 Å². The number of hydrogen-bond donors (Lipinski definition) is 1. The smallest absolute Gasteiger partial charge is 0.226 e. The van der Waals surface area contributed by atoms with Crippen molar-refractivity contribution in [2.75, 3.05) is 33.4 Å². The molecule has 3 atom stereocenters. The van der Waals surface area contributed by atoms with Crippen LogP contribution in [-0.2, 0) is 9.53 Å². The van der Waals surface area contributed by atoms with Gasteiger partial charge in [-0.3, -0.25) is 4.79 Å². The molecule has 0 aromatic heterocycles. The summed E-state index contributed by atoms with van der Waals surface area (Å²) in [6.07, 6.45) is 4.46. The minimum absolute atomic E-state index is 0.160. The van der Waals surface area contributed by atoms with Crippen molar-refractivity contribution in [1.29, 1.82) is 0 Å². The predicted molar refractivity (Wildman–Crippen MR) is 71.4 cm³/mol. The maximum Gasteiger partial charge on any atom is 0.226 e. The molecule has 0 aliphatic carbocycles. The molecule has 0 bridgehead atoms. The molecule has 2 saturated heterocycles. The molecule has 2 aliphatic heterocycles. The van der Waals surface area contributed by atoms with Crippen molar-refractivity contribution >= 4 is 5.91 Å². The molecular formula is C14H26N2O2. The van der Waals surface area contributed by atoms with Gasteiger partial charge in [0.15, 0.2) is 0 Å². The van der Waals surface area contributed by atoms with Crippen LogP contribution in [0.1, 0.15) is 32.6 Å². The third-order valence-corrected chi connectivity index (χ3v) is 4.24. The molecule has 2 fully saturated rings. The zero-order valence-corrected chi connectivity index (χ0v) is 11.7. The quantitative estimate of drug-likeness (QED) is 0.824. The molecule has 0 aromatic rings. The van der Waals surface area contributed by atoms with Crippen LogP contribution in [0.5, 0.6) is 0 Å². The summed E-state index contributed by atoms with van der Waals surface area (Å²) < 4.78 is 5.48. The molecule has 2 heterocycles. The molecule has 4 nitrogen and oxygen atoms in total. The van der Waals surface area contributed by atoms with E-state index in [4.69, 9.17) is 4.74 Å². The minimum Gasteiger partial charge on any atom is -0.381 e. The molecule has 1 N–H and O–H groups in total. The van der Waals surface area contributed by atoms with Crippen LogP contribution in [0.15, 0.2) is 0 Å². The Kier molecular flexibility index (Phi) is 5.01. The van der Waals surface area contributed by atoms with E-state index in [0.29, 0.717) is 17.9 Å². The second kappa shape index (κ2) is 6.53. The van der Waals surface area contributed by atoms with Gasteiger partial charge in [0.2, 0.25) is 5.91 Å². The maximum absolute atomic E-state index is 12.4. The van der Waals surface area contributed by atoms with Gasteiger partial charge in [-0.15, -0.1) is 0 Å². The molecule has 104 valence electrons. The zero-order chi connectivity index (χ0) is 13.0. The van der Waals surface area contributed by atoms with Gasteiger partial charge < -0.3 is 15.0 Å². The molecule has 4 heteroatoms. The van der Waals surface area contributed by atoms with Crippen molar-refractivity contribution in [2.24, 2.45) is 11.8 Å². The Morgan fingerprint density at radius 1 is 1.39 bits per heavy atom. The monoisotopic (exact) mass is 254 g/mol. The highest BCUT2D eigenvalue weighted by molar-refractivity contribution is 5.79. The molecule has 0 saturated carbocycles. The number of nitrogens with one attached hydrogen (secondary N) is 1. The molecule has 1 amide bonds. The number of piperidine rings is 1. The molecular weight excluding hydrogens is 228 g/mol. The molecule has 3 unspecified atom stereocenters. The molecule has 0 radical (unpaired) electrons. The predicted octanol–water partition coefficient (Wildman–Crippen LogP) is 1.26. The van der Waals surface area contributed by atoms with Gasteiger partial charge in [0.05, 0.1) is 12.5 Å². The summed E-state index contributed by atoms with van der Waals surface area (Å²) in [4.78, 5) is 14.4. The van der Waals surface area contributed by atoms with E-state index in [9.17, 15) is 4.79 Å². The van der Waals surface area contributed by atoms with E-state index in [-0.39, 0.29) is 5.92 Å². The standard InChI is InChI=1S/C14H26N2O2/c1-11-13(6-3-7-15-11)14(17)16(2)9-12-5-4-8-18-10-12/h11-13,15H,3-10H2,1-2H3. The Morgan fingerprint density at radius 2 is 2.22 bits per heavy atom. The average molecular weight is 254 g/mol. The summed E-state index contributed by atoms with van der Waals surface area (Å²) in [5.74, 6) is 0.994. The zero-order valence-electron chi connectivity index (χ0n) is 11.7. The Morgan fingerprint density at radius 3 is 2.89 bits per heavy atom. The third-order valence-electron chi connectivity index (χ3n) is 4.24. The Bertz CT molecular complexity index is 277. The lowest BCUT2D eigenvalue weighted by molar-refractivity contribution is -0.137. The van der Waals surface area contributed by atoms with Crippen LogP contribution in [-0.4, -0.2) is 50.2 Å². The van der Waals surface area contributed by atoms with E-state index in [2.05, 4.69) is 12.2 Å². The summed E-state index contributed by atoms with van der Waals surface area (Å²) >= 11 is 0. The van der Waals surface area contributed by atoms with E-state index in [1.165, 1.54) is 6.42 Å². The Labute approximate surface area is 110 Å². The van der Waals surface area contributed by atoms with Gasteiger partial charge in [0.1, 0.15) is 0 Å². The second-order valence-corrected chi connectivity index (χ2v) is 5.79. The molecule has 18 heavy (non-hydrogen) atoms. The first-order valence-corrected chi connectivity index (χ1v) is 7.24. The highest BCUT2D eigenvalue weighted by atomic mass is 16.5. The SMILES string of the molecule is CC1NCCCC1C(=O)N(C)CC1CCCOC1. The summed E-state index contributed by atoms with van der Waals surface area (Å²) in [7, 11) is 1.94. The minimum atomic E-state index is 0.160. The fourth-order valence-corrected chi connectivity index (χ4v) is 3.09. The summed E-state index contributed by atoms with van der Waals surface area (Å²) in [6.45, 7) is 5.72. The lowest BCUT2D eigenvalue weighted by Gasteiger charge is -2.34. The van der Waals surface area contributed by atoms with Crippen molar-refractivity contribution in [1.82, 2.24) is 10.2 Å². The van der Waals surface area contributed by atoms with Crippen LogP contribution in [0.25, 0.3) is 0 Å². The highest BCUT2D eigenvalue weighted by Crippen LogP contribution is 2.20. The van der Waals surface area contributed by atoms with Crippen molar-refractivity contribution in [3.05, 3.63) is 0 Å². The van der Waals surface area contributed by atoms with Crippen LogP contribution < -0.4 is 5.32 Å². The summed E-state index contributed by atoms with van der Waals surface area (Å²) in [5, 5.41) is 3.40. The van der Waals surface area contributed by atoms with Crippen LogP contribution in [0.3, 0.4) is 0 Å². The average Bonchev–Trinajstić information content (AvgIpc) is 2.39. The van der Waals surface area contributed by atoms with E-state index >= 15 is 0 Å². The van der Waals surface area contributed by atoms with Gasteiger partial charge in [-0.1, -0.05) is 0 Å². The number of ether oxygens (including phenoxy) is 1. The first-order chi connectivity index (χ1) is 8.68. The fourth-order valence-electron chi connectivity index (χ4n) is 3.09. The van der Waals surface area contributed by atoms with E-state index in [1.807, 2.05) is 11.9 Å². The Hall–Kier alpha value is -0.610. The van der Waals surface area contributed by atoms with Crippen LogP contribution in [0.2, 0.25) is 0 Å². The van der Waals surface area contributed by atoms with Gasteiger partial charge in [0, 0.05) is 26.2 Å². The van der Waals surface area contributed by atoms with Gasteiger partial charge in [-0.05, 0) is 45.1 Å². The van der Waals surface area contributed by atoms with Gasteiger partial charge in [0.25, 0.3) is 0 Å².